The zero-order valence-corrected chi connectivity index (χ0v) is 13.2. The van der Waals surface area contributed by atoms with Crippen molar-refractivity contribution in [3.05, 3.63) is 30.2 Å². The number of carbonyl (C=O) groups excluding carboxylic acids is 1. The average molecular weight is 312 g/mol. The van der Waals surface area contributed by atoms with Gasteiger partial charge in [0.25, 0.3) is 5.91 Å². The van der Waals surface area contributed by atoms with E-state index in [0.29, 0.717) is 22.8 Å². The first-order chi connectivity index (χ1) is 11.2. The Labute approximate surface area is 134 Å². The van der Waals surface area contributed by atoms with Gasteiger partial charge in [-0.05, 0) is 13.1 Å². The molecule has 7 heteroatoms. The first-order valence-corrected chi connectivity index (χ1v) is 8.00. The van der Waals surface area contributed by atoms with Crippen LogP contribution in [0.2, 0.25) is 0 Å². The monoisotopic (exact) mass is 312 g/mol. The summed E-state index contributed by atoms with van der Waals surface area (Å²) in [6.07, 6.45) is 4.83. The minimum atomic E-state index is 0.0308. The van der Waals surface area contributed by atoms with Crippen molar-refractivity contribution in [1.82, 2.24) is 29.7 Å². The van der Waals surface area contributed by atoms with E-state index in [4.69, 9.17) is 0 Å². The van der Waals surface area contributed by atoms with Gasteiger partial charge in [-0.25, -0.2) is 9.97 Å². The number of rotatable bonds is 2. The Balaban J connectivity index is 1.47. The number of likely N-dealkylation sites (N-methyl/N-ethyl adjacent to an activating group) is 1. The van der Waals surface area contributed by atoms with Gasteiger partial charge in [-0.1, -0.05) is 0 Å². The third-order valence-electron chi connectivity index (χ3n) is 4.77. The standard InChI is InChI=1S/C16H20N6O/c1-20-10-12(11-20)21-6-8-22(9-7-21)16(23)13-2-3-18-15-14(13)17-4-5-19-15/h2-5,12H,6-11H2,1H3. The molecule has 0 radical (unpaired) electrons. The summed E-state index contributed by atoms with van der Waals surface area (Å²) in [7, 11) is 2.14. The van der Waals surface area contributed by atoms with Gasteiger partial charge in [-0.15, -0.1) is 0 Å². The summed E-state index contributed by atoms with van der Waals surface area (Å²) in [5.41, 5.74) is 1.71. The molecule has 1 amide bonds. The van der Waals surface area contributed by atoms with E-state index in [2.05, 4.69) is 31.8 Å². The lowest BCUT2D eigenvalue weighted by Gasteiger charge is -2.46. The predicted octanol–water partition coefficient (Wildman–Crippen LogP) is 0.0966. The highest BCUT2D eigenvalue weighted by molar-refractivity contribution is 6.03. The zero-order chi connectivity index (χ0) is 15.8. The van der Waals surface area contributed by atoms with E-state index in [9.17, 15) is 4.79 Å². The van der Waals surface area contributed by atoms with E-state index in [-0.39, 0.29) is 5.91 Å². The largest absolute Gasteiger partial charge is 0.336 e. The van der Waals surface area contributed by atoms with Crippen molar-refractivity contribution in [2.24, 2.45) is 0 Å². The number of nitrogens with zero attached hydrogens (tertiary/aromatic N) is 6. The van der Waals surface area contributed by atoms with Gasteiger partial charge in [0.05, 0.1) is 5.56 Å². The van der Waals surface area contributed by atoms with Crippen LogP contribution in [-0.2, 0) is 0 Å². The number of piperazine rings is 1. The van der Waals surface area contributed by atoms with Gasteiger partial charge in [-0.3, -0.25) is 14.7 Å². The molecule has 23 heavy (non-hydrogen) atoms. The second-order valence-electron chi connectivity index (χ2n) is 6.29. The highest BCUT2D eigenvalue weighted by Gasteiger charge is 2.32. The molecule has 2 aliphatic rings. The van der Waals surface area contributed by atoms with Gasteiger partial charge in [0.1, 0.15) is 5.52 Å². The van der Waals surface area contributed by atoms with Crippen LogP contribution in [0.5, 0.6) is 0 Å². The molecule has 120 valence electrons. The van der Waals surface area contributed by atoms with Crippen LogP contribution in [-0.4, -0.2) is 87.9 Å². The van der Waals surface area contributed by atoms with Crippen LogP contribution in [0, 0.1) is 0 Å². The Hall–Kier alpha value is -2.12. The number of fused-ring (bicyclic) bond motifs is 1. The van der Waals surface area contributed by atoms with Gasteiger partial charge in [-0.2, -0.15) is 0 Å². The van der Waals surface area contributed by atoms with Crippen molar-refractivity contribution in [3.63, 3.8) is 0 Å². The molecule has 0 aromatic carbocycles. The second-order valence-corrected chi connectivity index (χ2v) is 6.29. The first kappa shape index (κ1) is 14.5. The summed E-state index contributed by atoms with van der Waals surface area (Å²) in [6.45, 7) is 5.70. The maximum atomic E-state index is 12.8. The highest BCUT2D eigenvalue weighted by atomic mass is 16.2. The fourth-order valence-corrected chi connectivity index (χ4v) is 3.41. The Kier molecular flexibility index (Phi) is 3.66. The van der Waals surface area contributed by atoms with Crippen LogP contribution in [0.15, 0.2) is 24.7 Å². The van der Waals surface area contributed by atoms with Crippen LogP contribution in [0.1, 0.15) is 10.4 Å². The molecular formula is C16H20N6O. The van der Waals surface area contributed by atoms with Crippen molar-refractivity contribution in [2.75, 3.05) is 46.3 Å². The molecule has 7 nitrogen and oxygen atoms in total. The van der Waals surface area contributed by atoms with E-state index in [1.807, 2.05) is 4.90 Å². The summed E-state index contributed by atoms with van der Waals surface area (Å²) < 4.78 is 0. The van der Waals surface area contributed by atoms with Gasteiger partial charge >= 0.3 is 0 Å². The van der Waals surface area contributed by atoms with Gasteiger partial charge < -0.3 is 9.80 Å². The van der Waals surface area contributed by atoms with E-state index in [1.165, 1.54) is 0 Å². The lowest BCUT2D eigenvalue weighted by atomic mass is 10.1. The van der Waals surface area contributed by atoms with Crippen LogP contribution in [0.25, 0.3) is 11.2 Å². The summed E-state index contributed by atoms with van der Waals surface area (Å²) in [5.74, 6) is 0.0308. The maximum absolute atomic E-state index is 12.8. The Morgan fingerprint density at radius 2 is 1.74 bits per heavy atom. The third kappa shape index (κ3) is 2.66. The van der Waals surface area contributed by atoms with Crippen molar-refractivity contribution >= 4 is 17.1 Å². The summed E-state index contributed by atoms with van der Waals surface area (Å²) in [6, 6.07) is 2.40. The van der Waals surface area contributed by atoms with Gasteiger partial charge in [0, 0.05) is 63.9 Å². The van der Waals surface area contributed by atoms with Crippen LogP contribution >= 0.6 is 0 Å². The molecule has 0 unspecified atom stereocenters. The fraction of sp³-hybridized carbons (Fsp3) is 0.500. The minimum absolute atomic E-state index is 0.0308. The summed E-state index contributed by atoms with van der Waals surface area (Å²) in [4.78, 5) is 32.2. The maximum Gasteiger partial charge on any atom is 0.256 e. The molecule has 0 bridgehead atoms. The molecular weight excluding hydrogens is 292 g/mol. The topological polar surface area (TPSA) is 65.5 Å². The second kappa shape index (κ2) is 5.82. The molecule has 4 rings (SSSR count). The Morgan fingerprint density at radius 3 is 2.48 bits per heavy atom. The molecule has 2 saturated heterocycles. The van der Waals surface area contributed by atoms with E-state index in [1.54, 1.807) is 24.7 Å². The number of aromatic nitrogens is 3. The lowest BCUT2D eigenvalue weighted by Crippen LogP contribution is -2.62. The average Bonchev–Trinajstić information content (AvgIpc) is 2.58. The minimum Gasteiger partial charge on any atom is -0.336 e. The smallest absolute Gasteiger partial charge is 0.256 e. The molecule has 0 N–H and O–H groups in total. The predicted molar refractivity (Wildman–Crippen MR) is 86.1 cm³/mol. The third-order valence-corrected chi connectivity index (χ3v) is 4.77. The van der Waals surface area contributed by atoms with Crippen LogP contribution in [0.3, 0.4) is 0 Å². The number of pyridine rings is 1. The van der Waals surface area contributed by atoms with E-state index >= 15 is 0 Å². The molecule has 2 aliphatic heterocycles. The van der Waals surface area contributed by atoms with Crippen LogP contribution in [0.4, 0.5) is 0 Å². The lowest BCUT2D eigenvalue weighted by molar-refractivity contribution is 0.0174. The number of hydrogen-bond donors (Lipinski definition) is 0. The van der Waals surface area contributed by atoms with Crippen LogP contribution < -0.4 is 0 Å². The van der Waals surface area contributed by atoms with Crippen molar-refractivity contribution < 1.29 is 4.79 Å². The van der Waals surface area contributed by atoms with Crippen molar-refractivity contribution in [3.8, 4) is 0 Å². The zero-order valence-electron chi connectivity index (χ0n) is 13.2. The Bertz CT molecular complexity index is 716. The molecule has 0 spiro atoms. The Morgan fingerprint density at radius 1 is 1.04 bits per heavy atom. The quantitative estimate of drug-likeness (QED) is 0.783. The number of hydrogen-bond acceptors (Lipinski definition) is 6. The van der Waals surface area contributed by atoms with Gasteiger partial charge in [0.2, 0.25) is 0 Å². The van der Waals surface area contributed by atoms with E-state index < -0.39 is 0 Å². The molecule has 0 aliphatic carbocycles. The molecule has 2 aromatic heterocycles. The molecule has 2 fully saturated rings. The first-order valence-electron chi connectivity index (χ1n) is 8.00. The van der Waals surface area contributed by atoms with Crippen molar-refractivity contribution in [2.45, 2.75) is 6.04 Å². The number of amides is 1. The van der Waals surface area contributed by atoms with Gasteiger partial charge in [0.15, 0.2) is 5.65 Å². The normalized spacial score (nSPS) is 20.7. The number of carbonyl (C=O) groups is 1. The van der Waals surface area contributed by atoms with Crippen molar-refractivity contribution in [1.29, 1.82) is 0 Å². The summed E-state index contributed by atoms with van der Waals surface area (Å²) >= 11 is 0. The fourth-order valence-electron chi connectivity index (χ4n) is 3.41. The van der Waals surface area contributed by atoms with E-state index in [0.717, 1.165) is 39.3 Å². The molecule has 0 atom stereocenters. The summed E-state index contributed by atoms with van der Waals surface area (Å²) in [5, 5.41) is 0. The highest BCUT2D eigenvalue weighted by Crippen LogP contribution is 2.18. The molecule has 2 aromatic rings. The molecule has 0 saturated carbocycles. The SMILES string of the molecule is CN1CC(N2CCN(C(=O)c3ccnc4nccnc34)CC2)C1. The number of likely N-dealkylation sites (tertiary alicyclic amines) is 1. The molecule has 4 heterocycles.